The van der Waals surface area contributed by atoms with Crippen molar-refractivity contribution in [1.29, 1.82) is 0 Å². The second kappa shape index (κ2) is 6.70. The number of rotatable bonds is 5. The molecule has 2 aromatic carbocycles. The van der Waals surface area contributed by atoms with Crippen LogP contribution in [0.3, 0.4) is 0 Å². The highest BCUT2D eigenvalue weighted by molar-refractivity contribution is 7.89. The summed E-state index contributed by atoms with van der Waals surface area (Å²) in [5.74, 6) is 0.635. The summed E-state index contributed by atoms with van der Waals surface area (Å²) in [7, 11) is -2.14. The van der Waals surface area contributed by atoms with Crippen molar-refractivity contribution in [3.63, 3.8) is 0 Å². The van der Waals surface area contributed by atoms with Crippen LogP contribution in [0.15, 0.2) is 58.2 Å². The number of hydrogen-bond donors (Lipinski definition) is 2. The second-order valence-electron chi connectivity index (χ2n) is 5.72. The average molecular weight is 358 g/mol. The third-order valence-electron chi connectivity index (χ3n) is 3.88. The number of aryl methyl sites for hydroxylation is 1. The number of fused-ring (bicyclic) bond motifs is 1. The SMILES string of the molecule is COc1ccc2cc(CNS(=O)(=O)c3cccc(C)c3)c(=O)[nH]c2c1. The third-order valence-corrected chi connectivity index (χ3v) is 5.28. The summed E-state index contributed by atoms with van der Waals surface area (Å²) in [6.45, 7) is 1.73. The van der Waals surface area contributed by atoms with Crippen LogP contribution >= 0.6 is 0 Å². The molecule has 1 heterocycles. The summed E-state index contributed by atoms with van der Waals surface area (Å²) in [5, 5.41) is 0.796. The van der Waals surface area contributed by atoms with Crippen molar-refractivity contribution < 1.29 is 13.2 Å². The summed E-state index contributed by atoms with van der Waals surface area (Å²) in [6, 6.07) is 13.6. The van der Waals surface area contributed by atoms with E-state index >= 15 is 0 Å². The summed E-state index contributed by atoms with van der Waals surface area (Å²) in [4.78, 5) is 15.1. The van der Waals surface area contributed by atoms with Gasteiger partial charge in [0.15, 0.2) is 0 Å². The molecule has 0 aliphatic rings. The summed E-state index contributed by atoms with van der Waals surface area (Å²) in [5.41, 5.74) is 1.48. The van der Waals surface area contributed by atoms with Gasteiger partial charge in [0.05, 0.1) is 17.5 Å². The quantitative estimate of drug-likeness (QED) is 0.733. The average Bonchev–Trinajstić information content (AvgIpc) is 2.59. The highest BCUT2D eigenvalue weighted by Gasteiger charge is 2.15. The molecule has 0 radical (unpaired) electrons. The van der Waals surface area contributed by atoms with Gasteiger partial charge in [-0.2, -0.15) is 0 Å². The number of ether oxygens (including phenoxy) is 1. The molecule has 0 unspecified atom stereocenters. The van der Waals surface area contributed by atoms with Gasteiger partial charge in [-0.25, -0.2) is 13.1 Å². The zero-order valence-electron chi connectivity index (χ0n) is 13.9. The minimum atomic E-state index is -3.68. The van der Waals surface area contributed by atoms with Crippen LogP contribution in [0, 0.1) is 6.92 Å². The van der Waals surface area contributed by atoms with Gasteiger partial charge in [0.25, 0.3) is 5.56 Å². The van der Waals surface area contributed by atoms with Gasteiger partial charge in [0.2, 0.25) is 10.0 Å². The normalized spacial score (nSPS) is 11.6. The monoisotopic (exact) mass is 358 g/mol. The number of aromatic amines is 1. The highest BCUT2D eigenvalue weighted by Crippen LogP contribution is 2.18. The molecule has 0 aliphatic heterocycles. The van der Waals surface area contributed by atoms with Gasteiger partial charge in [0.1, 0.15) is 5.75 Å². The van der Waals surface area contributed by atoms with Crippen LogP contribution in [-0.4, -0.2) is 20.5 Å². The Hall–Kier alpha value is -2.64. The zero-order chi connectivity index (χ0) is 18.0. The molecule has 0 amide bonds. The maximum absolute atomic E-state index is 12.4. The first kappa shape index (κ1) is 17.2. The third kappa shape index (κ3) is 3.72. The van der Waals surface area contributed by atoms with E-state index < -0.39 is 10.0 Å². The van der Waals surface area contributed by atoms with Crippen molar-refractivity contribution >= 4 is 20.9 Å². The topological polar surface area (TPSA) is 88.3 Å². The molecule has 2 N–H and O–H groups in total. The molecule has 130 valence electrons. The highest BCUT2D eigenvalue weighted by atomic mass is 32.2. The fourth-order valence-corrected chi connectivity index (χ4v) is 3.63. The van der Waals surface area contributed by atoms with Crippen molar-refractivity contribution in [2.24, 2.45) is 0 Å². The Morgan fingerprint density at radius 1 is 1.12 bits per heavy atom. The predicted molar refractivity (Wildman–Crippen MR) is 96.3 cm³/mol. The first-order valence-corrected chi connectivity index (χ1v) is 9.14. The summed E-state index contributed by atoms with van der Waals surface area (Å²) in [6.07, 6.45) is 0. The Balaban J connectivity index is 1.88. The van der Waals surface area contributed by atoms with E-state index in [0.717, 1.165) is 10.9 Å². The summed E-state index contributed by atoms with van der Waals surface area (Å²) < 4.78 is 32.4. The number of hydrogen-bond acceptors (Lipinski definition) is 4. The number of nitrogens with one attached hydrogen (secondary N) is 2. The minimum absolute atomic E-state index is 0.0897. The number of benzene rings is 2. The maximum Gasteiger partial charge on any atom is 0.252 e. The first-order valence-electron chi connectivity index (χ1n) is 7.65. The van der Waals surface area contributed by atoms with Crippen molar-refractivity contribution in [3.8, 4) is 5.75 Å². The molecule has 3 aromatic rings. The molecule has 0 atom stereocenters. The molecule has 0 spiro atoms. The fraction of sp³-hybridized carbons (Fsp3) is 0.167. The minimum Gasteiger partial charge on any atom is -0.497 e. The number of pyridine rings is 1. The van der Waals surface area contributed by atoms with Crippen molar-refractivity contribution in [3.05, 3.63) is 70.0 Å². The van der Waals surface area contributed by atoms with Gasteiger partial charge in [-0.1, -0.05) is 12.1 Å². The zero-order valence-corrected chi connectivity index (χ0v) is 14.7. The number of sulfonamides is 1. The largest absolute Gasteiger partial charge is 0.497 e. The lowest BCUT2D eigenvalue weighted by atomic mass is 10.1. The fourth-order valence-electron chi connectivity index (χ4n) is 2.52. The Kier molecular flexibility index (Phi) is 4.61. The molecule has 0 bridgehead atoms. The second-order valence-corrected chi connectivity index (χ2v) is 7.48. The number of methoxy groups -OCH3 is 1. The molecule has 3 rings (SSSR count). The number of aromatic nitrogens is 1. The van der Waals surface area contributed by atoms with Gasteiger partial charge in [-0.05, 0) is 48.2 Å². The van der Waals surface area contributed by atoms with E-state index in [4.69, 9.17) is 4.74 Å². The molecule has 6 nitrogen and oxygen atoms in total. The van der Waals surface area contributed by atoms with E-state index in [-0.39, 0.29) is 17.0 Å². The lowest BCUT2D eigenvalue weighted by molar-refractivity contribution is 0.415. The molecular formula is C18H18N2O4S. The predicted octanol–water partition coefficient (Wildman–Crippen LogP) is 2.32. The van der Waals surface area contributed by atoms with Crippen LogP contribution < -0.4 is 15.0 Å². The smallest absolute Gasteiger partial charge is 0.252 e. The lowest BCUT2D eigenvalue weighted by Crippen LogP contribution is -2.27. The Morgan fingerprint density at radius 3 is 2.64 bits per heavy atom. The van der Waals surface area contributed by atoms with Crippen LogP contribution in [0.2, 0.25) is 0 Å². The molecule has 0 saturated heterocycles. The van der Waals surface area contributed by atoms with Gasteiger partial charge in [0, 0.05) is 18.2 Å². The van der Waals surface area contributed by atoms with Gasteiger partial charge in [-0.15, -0.1) is 0 Å². The van der Waals surface area contributed by atoms with Crippen LogP contribution in [-0.2, 0) is 16.6 Å². The van der Waals surface area contributed by atoms with E-state index in [9.17, 15) is 13.2 Å². The molecule has 1 aromatic heterocycles. The number of H-pyrrole nitrogens is 1. The molecule has 7 heteroatoms. The Labute approximate surface area is 145 Å². The van der Waals surface area contributed by atoms with E-state index in [1.54, 1.807) is 37.4 Å². The van der Waals surface area contributed by atoms with Gasteiger partial charge in [-0.3, -0.25) is 4.79 Å². The maximum atomic E-state index is 12.4. The van der Waals surface area contributed by atoms with Gasteiger partial charge < -0.3 is 9.72 Å². The van der Waals surface area contributed by atoms with E-state index in [1.165, 1.54) is 6.07 Å². The first-order chi connectivity index (χ1) is 11.9. The standard InChI is InChI=1S/C18H18N2O4S/c1-12-4-3-5-16(8-12)25(22,23)19-11-14-9-13-6-7-15(24-2)10-17(13)20-18(14)21/h3-10,19H,11H2,1-2H3,(H,20,21). The van der Waals surface area contributed by atoms with E-state index in [1.807, 2.05) is 19.1 Å². The summed E-state index contributed by atoms with van der Waals surface area (Å²) >= 11 is 0. The molecule has 0 fully saturated rings. The Bertz CT molecular complexity index is 1090. The van der Waals surface area contributed by atoms with Crippen molar-refractivity contribution in [1.82, 2.24) is 9.71 Å². The van der Waals surface area contributed by atoms with Crippen molar-refractivity contribution in [2.45, 2.75) is 18.4 Å². The van der Waals surface area contributed by atoms with Crippen LogP contribution in [0.1, 0.15) is 11.1 Å². The molecular weight excluding hydrogens is 340 g/mol. The molecule has 0 aliphatic carbocycles. The van der Waals surface area contributed by atoms with Crippen molar-refractivity contribution in [2.75, 3.05) is 7.11 Å². The van der Waals surface area contributed by atoms with Crippen LogP contribution in [0.4, 0.5) is 0 Å². The lowest BCUT2D eigenvalue weighted by Gasteiger charge is -2.08. The van der Waals surface area contributed by atoms with Crippen LogP contribution in [0.5, 0.6) is 5.75 Å². The van der Waals surface area contributed by atoms with Crippen LogP contribution in [0.25, 0.3) is 10.9 Å². The van der Waals surface area contributed by atoms with E-state index in [0.29, 0.717) is 16.8 Å². The Morgan fingerprint density at radius 2 is 1.92 bits per heavy atom. The van der Waals surface area contributed by atoms with E-state index in [2.05, 4.69) is 9.71 Å². The van der Waals surface area contributed by atoms with Gasteiger partial charge >= 0.3 is 0 Å². The molecule has 0 saturated carbocycles. The molecule has 25 heavy (non-hydrogen) atoms.